The van der Waals surface area contributed by atoms with Gasteiger partial charge in [0.05, 0.1) is 24.5 Å². The SMILES string of the molecule is CC[C@@H](NC(=O)Nc1cc(OC)cc(-n2nnnc2C)c1)c1ncccc1C. The predicted molar refractivity (Wildman–Crippen MR) is 105 cm³/mol. The Morgan fingerprint density at radius 1 is 1.29 bits per heavy atom. The summed E-state index contributed by atoms with van der Waals surface area (Å²) in [6.45, 7) is 5.77. The Morgan fingerprint density at radius 2 is 2.11 bits per heavy atom. The van der Waals surface area contributed by atoms with E-state index < -0.39 is 0 Å². The maximum absolute atomic E-state index is 12.6. The van der Waals surface area contributed by atoms with Gasteiger partial charge in [-0.15, -0.1) is 5.10 Å². The number of carbonyl (C=O) groups excluding carboxylic acids is 1. The molecule has 3 rings (SSSR count). The first-order chi connectivity index (χ1) is 13.5. The number of carbonyl (C=O) groups is 1. The fourth-order valence-electron chi connectivity index (χ4n) is 2.92. The molecule has 9 nitrogen and oxygen atoms in total. The monoisotopic (exact) mass is 381 g/mol. The number of anilines is 1. The zero-order valence-electron chi connectivity index (χ0n) is 16.3. The van der Waals surface area contributed by atoms with Gasteiger partial charge in [0.25, 0.3) is 0 Å². The van der Waals surface area contributed by atoms with E-state index in [0.29, 0.717) is 22.9 Å². The van der Waals surface area contributed by atoms with Gasteiger partial charge < -0.3 is 15.4 Å². The van der Waals surface area contributed by atoms with Crippen LogP contribution in [0.25, 0.3) is 5.69 Å². The largest absolute Gasteiger partial charge is 0.497 e. The van der Waals surface area contributed by atoms with Crippen molar-refractivity contribution in [1.82, 2.24) is 30.5 Å². The molecule has 0 saturated heterocycles. The molecule has 0 saturated carbocycles. The van der Waals surface area contributed by atoms with Crippen molar-refractivity contribution in [3.05, 3.63) is 53.6 Å². The highest BCUT2D eigenvalue weighted by atomic mass is 16.5. The molecule has 0 unspecified atom stereocenters. The maximum Gasteiger partial charge on any atom is 0.319 e. The number of aryl methyl sites for hydroxylation is 2. The summed E-state index contributed by atoms with van der Waals surface area (Å²) in [7, 11) is 1.56. The number of tetrazole rings is 1. The van der Waals surface area contributed by atoms with E-state index in [-0.39, 0.29) is 12.1 Å². The lowest BCUT2D eigenvalue weighted by molar-refractivity contribution is 0.248. The summed E-state index contributed by atoms with van der Waals surface area (Å²) in [4.78, 5) is 17.0. The molecule has 0 aliphatic carbocycles. The van der Waals surface area contributed by atoms with E-state index >= 15 is 0 Å². The third-order valence-corrected chi connectivity index (χ3v) is 4.35. The minimum Gasteiger partial charge on any atom is -0.497 e. The molecule has 2 amide bonds. The Kier molecular flexibility index (Phi) is 5.83. The summed E-state index contributed by atoms with van der Waals surface area (Å²) in [6.07, 6.45) is 2.45. The number of amides is 2. The van der Waals surface area contributed by atoms with Gasteiger partial charge in [-0.1, -0.05) is 13.0 Å². The van der Waals surface area contributed by atoms with Gasteiger partial charge in [0.15, 0.2) is 5.82 Å². The fourth-order valence-corrected chi connectivity index (χ4v) is 2.92. The van der Waals surface area contributed by atoms with Crippen LogP contribution in [0.1, 0.15) is 36.5 Å². The number of rotatable bonds is 6. The number of hydrogen-bond acceptors (Lipinski definition) is 6. The number of ether oxygens (including phenoxy) is 1. The topological polar surface area (TPSA) is 107 Å². The third kappa shape index (κ3) is 4.25. The van der Waals surface area contributed by atoms with E-state index in [1.54, 1.807) is 43.1 Å². The van der Waals surface area contributed by atoms with Gasteiger partial charge in [0.2, 0.25) is 0 Å². The van der Waals surface area contributed by atoms with E-state index in [9.17, 15) is 4.79 Å². The molecule has 0 aliphatic heterocycles. The number of nitrogens with one attached hydrogen (secondary N) is 2. The molecule has 9 heteroatoms. The molecular formula is C19H23N7O2. The van der Waals surface area contributed by atoms with Crippen LogP contribution in [0.3, 0.4) is 0 Å². The van der Waals surface area contributed by atoms with Crippen LogP contribution in [0.2, 0.25) is 0 Å². The predicted octanol–water partition coefficient (Wildman–Crippen LogP) is 2.96. The number of benzene rings is 1. The first-order valence-electron chi connectivity index (χ1n) is 8.95. The van der Waals surface area contributed by atoms with Crippen LogP contribution in [-0.2, 0) is 0 Å². The first kappa shape index (κ1) is 19.3. The molecular weight excluding hydrogens is 358 g/mol. The fraction of sp³-hybridized carbons (Fsp3) is 0.316. The molecule has 3 aromatic rings. The van der Waals surface area contributed by atoms with Crippen LogP contribution in [0.5, 0.6) is 5.75 Å². The van der Waals surface area contributed by atoms with Gasteiger partial charge in [-0.3, -0.25) is 4.98 Å². The third-order valence-electron chi connectivity index (χ3n) is 4.35. The van der Waals surface area contributed by atoms with E-state index in [0.717, 1.165) is 17.7 Å². The quantitative estimate of drug-likeness (QED) is 0.680. The van der Waals surface area contributed by atoms with Crippen molar-refractivity contribution < 1.29 is 9.53 Å². The second kappa shape index (κ2) is 8.47. The molecule has 2 aromatic heterocycles. The lowest BCUT2D eigenvalue weighted by atomic mass is 10.1. The minimum atomic E-state index is -0.329. The van der Waals surface area contributed by atoms with Crippen LogP contribution >= 0.6 is 0 Å². The molecule has 0 aliphatic rings. The highest BCUT2D eigenvalue weighted by Crippen LogP contribution is 2.24. The highest BCUT2D eigenvalue weighted by Gasteiger charge is 2.16. The van der Waals surface area contributed by atoms with Crippen LogP contribution in [0.15, 0.2) is 36.5 Å². The van der Waals surface area contributed by atoms with Gasteiger partial charge in [0, 0.05) is 24.0 Å². The molecule has 0 radical (unpaired) electrons. The number of hydrogen-bond donors (Lipinski definition) is 2. The zero-order valence-corrected chi connectivity index (χ0v) is 16.3. The number of pyridine rings is 1. The van der Waals surface area contributed by atoms with Crippen molar-refractivity contribution in [3.63, 3.8) is 0 Å². The maximum atomic E-state index is 12.6. The van der Waals surface area contributed by atoms with E-state index in [2.05, 4.69) is 31.1 Å². The summed E-state index contributed by atoms with van der Waals surface area (Å²) in [5.41, 5.74) is 3.14. The molecule has 2 N–H and O–H groups in total. The first-order valence-corrected chi connectivity index (χ1v) is 8.95. The van der Waals surface area contributed by atoms with E-state index in [1.807, 2.05) is 26.0 Å². The standard InChI is InChI=1S/C19H23N7O2/c1-5-17(18-12(2)7-6-8-20-18)22-19(27)21-14-9-15(11-16(10-14)28-4)26-13(3)23-24-25-26/h6-11,17H,5H2,1-4H3,(H2,21,22,27)/t17-/m1/s1. The average Bonchev–Trinajstić information content (AvgIpc) is 3.12. The average molecular weight is 381 g/mol. The van der Waals surface area contributed by atoms with Gasteiger partial charge in [-0.25, -0.2) is 4.79 Å². The summed E-state index contributed by atoms with van der Waals surface area (Å²) < 4.78 is 6.91. The van der Waals surface area contributed by atoms with Gasteiger partial charge in [-0.05, 0) is 48.4 Å². The van der Waals surface area contributed by atoms with Crippen molar-refractivity contribution in [1.29, 1.82) is 0 Å². The van der Waals surface area contributed by atoms with Gasteiger partial charge in [0.1, 0.15) is 5.75 Å². The number of nitrogens with zero attached hydrogens (tertiary/aromatic N) is 5. The Bertz CT molecular complexity index is 970. The van der Waals surface area contributed by atoms with Crippen molar-refractivity contribution in [2.45, 2.75) is 33.2 Å². The summed E-state index contributed by atoms with van der Waals surface area (Å²) in [6, 6.07) is 8.64. The zero-order chi connectivity index (χ0) is 20.1. The Balaban J connectivity index is 1.80. The molecule has 0 spiro atoms. The lowest BCUT2D eigenvalue weighted by Crippen LogP contribution is -2.33. The van der Waals surface area contributed by atoms with Crippen LogP contribution in [-0.4, -0.2) is 38.3 Å². The minimum absolute atomic E-state index is 0.187. The van der Waals surface area contributed by atoms with E-state index in [1.165, 1.54) is 0 Å². The normalized spacial score (nSPS) is 11.7. The summed E-state index contributed by atoms with van der Waals surface area (Å²) in [5, 5.41) is 17.3. The number of methoxy groups -OCH3 is 1. The molecule has 0 fully saturated rings. The molecule has 146 valence electrons. The molecule has 1 aromatic carbocycles. The van der Waals surface area contributed by atoms with Crippen molar-refractivity contribution in [3.8, 4) is 11.4 Å². The van der Waals surface area contributed by atoms with Gasteiger partial charge >= 0.3 is 6.03 Å². The Morgan fingerprint density at radius 3 is 2.75 bits per heavy atom. The molecule has 0 bridgehead atoms. The number of urea groups is 1. The van der Waals surface area contributed by atoms with E-state index in [4.69, 9.17) is 4.74 Å². The van der Waals surface area contributed by atoms with Crippen molar-refractivity contribution >= 4 is 11.7 Å². The lowest BCUT2D eigenvalue weighted by Gasteiger charge is -2.19. The molecule has 2 heterocycles. The van der Waals surface area contributed by atoms with Gasteiger partial charge in [-0.2, -0.15) is 4.68 Å². The molecule has 1 atom stereocenters. The molecule has 28 heavy (non-hydrogen) atoms. The summed E-state index contributed by atoms with van der Waals surface area (Å²) in [5.74, 6) is 1.20. The number of aromatic nitrogens is 5. The smallest absolute Gasteiger partial charge is 0.319 e. The second-order valence-electron chi connectivity index (χ2n) is 6.32. The van der Waals surface area contributed by atoms with Crippen molar-refractivity contribution in [2.75, 3.05) is 12.4 Å². The van der Waals surface area contributed by atoms with Crippen molar-refractivity contribution in [2.24, 2.45) is 0 Å². The Hall–Kier alpha value is -3.49. The second-order valence-corrected chi connectivity index (χ2v) is 6.32. The van der Waals surface area contributed by atoms with Crippen LogP contribution in [0.4, 0.5) is 10.5 Å². The summed E-state index contributed by atoms with van der Waals surface area (Å²) >= 11 is 0. The highest BCUT2D eigenvalue weighted by molar-refractivity contribution is 5.90. The van der Waals surface area contributed by atoms with Crippen LogP contribution in [0, 0.1) is 13.8 Å². The Labute approximate surface area is 163 Å². The van der Waals surface area contributed by atoms with Crippen LogP contribution < -0.4 is 15.4 Å².